The number of carbonyl (C=O) groups is 1. The van der Waals surface area contributed by atoms with Gasteiger partial charge in [-0.25, -0.2) is 9.18 Å². The second kappa shape index (κ2) is 7.09. The van der Waals surface area contributed by atoms with Crippen LogP contribution in [-0.2, 0) is 0 Å². The molecule has 0 atom stereocenters. The normalized spacial score (nSPS) is 14.6. The van der Waals surface area contributed by atoms with Gasteiger partial charge in [-0.15, -0.1) is 0 Å². The van der Waals surface area contributed by atoms with Gasteiger partial charge in [-0.3, -0.25) is 0 Å². The zero-order chi connectivity index (χ0) is 17.1. The first-order valence-electron chi connectivity index (χ1n) is 7.86. The van der Waals surface area contributed by atoms with Gasteiger partial charge in [-0.1, -0.05) is 29.8 Å². The molecule has 126 valence electrons. The van der Waals surface area contributed by atoms with Gasteiger partial charge in [0.05, 0.1) is 5.69 Å². The van der Waals surface area contributed by atoms with Crippen LogP contribution in [0.25, 0.3) is 0 Å². The van der Waals surface area contributed by atoms with Crippen molar-refractivity contribution in [1.82, 2.24) is 4.90 Å². The van der Waals surface area contributed by atoms with Crippen molar-refractivity contribution in [2.45, 2.75) is 6.92 Å². The molecule has 6 heteroatoms. The topological polar surface area (TPSA) is 35.6 Å². The van der Waals surface area contributed by atoms with Crippen LogP contribution in [0.3, 0.4) is 0 Å². The van der Waals surface area contributed by atoms with Crippen LogP contribution in [0, 0.1) is 12.7 Å². The summed E-state index contributed by atoms with van der Waals surface area (Å²) >= 11 is 6.08. The van der Waals surface area contributed by atoms with Crippen molar-refractivity contribution in [1.29, 1.82) is 0 Å². The average Bonchev–Trinajstić information content (AvgIpc) is 2.59. The maximum absolute atomic E-state index is 13.6. The molecule has 0 saturated carbocycles. The van der Waals surface area contributed by atoms with Gasteiger partial charge in [0.2, 0.25) is 0 Å². The van der Waals surface area contributed by atoms with E-state index in [2.05, 4.69) is 10.2 Å². The van der Waals surface area contributed by atoms with E-state index >= 15 is 0 Å². The van der Waals surface area contributed by atoms with Crippen molar-refractivity contribution in [2.75, 3.05) is 36.4 Å². The van der Waals surface area contributed by atoms with E-state index in [9.17, 15) is 9.18 Å². The summed E-state index contributed by atoms with van der Waals surface area (Å²) in [5.74, 6) is -0.431. The number of amides is 2. The molecule has 0 spiro atoms. The number of hydrogen-bond donors (Lipinski definition) is 1. The highest BCUT2D eigenvalue weighted by Crippen LogP contribution is 2.25. The lowest BCUT2D eigenvalue weighted by atomic mass is 10.1. The molecule has 0 aliphatic carbocycles. The zero-order valence-electron chi connectivity index (χ0n) is 13.4. The van der Waals surface area contributed by atoms with Gasteiger partial charge in [-0.2, -0.15) is 0 Å². The molecule has 2 amide bonds. The molecule has 24 heavy (non-hydrogen) atoms. The maximum Gasteiger partial charge on any atom is 0.322 e. The Morgan fingerprint density at radius 1 is 1.12 bits per heavy atom. The molecule has 0 radical (unpaired) electrons. The summed E-state index contributed by atoms with van der Waals surface area (Å²) in [4.78, 5) is 16.2. The molecule has 0 bridgehead atoms. The highest BCUT2D eigenvalue weighted by atomic mass is 35.5. The fraction of sp³-hybridized carbons (Fsp3) is 0.278. The number of carbonyl (C=O) groups excluding carboxylic acids is 1. The predicted molar refractivity (Wildman–Crippen MR) is 95.4 cm³/mol. The minimum atomic E-state index is -0.431. The Balaban J connectivity index is 1.61. The van der Waals surface area contributed by atoms with E-state index < -0.39 is 5.82 Å². The first kappa shape index (κ1) is 16.6. The number of piperazine rings is 1. The second-order valence-electron chi connectivity index (χ2n) is 5.81. The van der Waals surface area contributed by atoms with Gasteiger partial charge in [0, 0.05) is 36.9 Å². The Morgan fingerprint density at radius 3 is 2.54 bits per heavy atom. The SMILES string of the molecule is Cc1ccc(Cl)cc1N1CCN(C(=O)Nc2ccccc2F)CC1. The Morgan fingerprint density at radius 2 is 1.83 bits per heavy atom. The summed E-state index contributed by atoms with van der Waals surface area (Å²) in [5, 5.41) is 3.33. The van der Waals surface area contributed by atoms with Crippen LogP contribution < -0.4 is 10.2 Å². The van der Waals surface area contributed by atoms with Crippen LogP contribution in [0.5, 0.6) is 0 Å². The minimum absolute atomic E-state index is 0.204. The Labute approximate surface area is 145 Å². The number of anilines is 2. The van der Waals surface area contributed by atoms with Gasteiger partial charge in [0.25, 0.3) is 0 Å². The van der Waals surface area contributed by atoms with E-state index in [0.717, 1.165) is 11.3 Å². The number of benzene rings is 2. The summed E-state index contributed by atoms with van der Waals surface area (Å²) in [6, 6.07) is 11.7. The van der Waals surface area contributed by atoms with E-state index in [1.165, 1.54) is 6.07 Å². The minimum Gasteiger partial charge on any atom is -0.368 e. The fourth-order valence-corrected chi connectivity index (χ4v) is 3.00. The smallest absolute Gasteiger partial charge is 0.322 e. The van der Waals surface area contributed by atoms with Crippen molar-refractivity contribution < 1.29 is 9.18 Å². The van der Waals surface area contributed by atoms with Crippen LogP contribution >= 0.6 is 11.6 Å². The zero-order valence-corrected chi connectivity index (χ0v) is 14.2. The largest absolute Gasteiger partial charge is 0.368 e. The average molecular weight is 348 g/mol. The van der Waals surface area contributed by atoms with E-state index in [-0.39, 0.29) is 11.7 Å². The molecule has 1 fully saturated rings. The summed E-state index contributed by atoms with van der Waals surface area (Å²) in [5.41, 5.74) is 2.45. The lowest BCUT2D eigenvalue weighted by Gasteiger charge is -2.36. The number of nitrogens with zero attached hydrogens (tertiary/aromatic N) is 2. The molecule has 4 nitrogen and oxygen atoms in total. The first-order valence-corrected chi connectivity index (χ1v) is 8.24. The maximum atomic E-state index is 13.6. The first-order chi connectivity index (χ1) is 11.5. The number of para-hydroxylation sites is 1. The van der Waals surface area contributed by atoms with Gasteiger partial charge in [0.15, 0.2) is 0 Å². The highest BCUT2D eigenvalue weighted by molar-refractivity contribution is 6.30. The number of halogens is 2. The molecule has 2 aromatic rings. The molecule has 1 heterocycles. The Bertz CT molecular complexity index is 745. The number of aryl methyl sites for hydroxylation is 1. The van der Waals surface area contributed by atoms with Crippen molar-refractivity contribution in [2.24, 2.45) is 0 Å². The molecule has 3 rings (SSSR count). The predicted octanol–water partition coefficient (Wildman–Crippen LogP) is 4.14. The number of nitrogens with one attached hydrogen (secondary N) is 1. The quantitative estimate of drug-likeness (QED) is 0.886. The van der Waals surface area contributed by atoms with Gasteiger partial charge < -0.3 is 15.1 Å². The van der Waals surface area contributed by atoms with Crippen molar-refractivity contribution in [3.8, 4) is 0 Å². The van der Waals surface area contributed by atoms with E-state index in [1.807, 2.05) is 25.1 Å². The second-order valence-corrected chi connectivity index (χ2v) is 6.25. The highest BCUT2D eigenvalue weighted by Gasteiger charge is 2.22. The number of urea groups is 1. The molecule has 2 aromatic carbocycles. The Kier molecular flexibility index (Phi) is 4.90. The third-order valence-electron chi connectivity index (χ3n) is 4.19. The lowest BCUT2D eigenvalue weighted by Crippen LogP contribution is -2.50. The Hall–Kier alpha value is -2.27. The standard InChI is InChI=1S/C18H19ClFN3O/c1-13-6-7-14(19)12-17(13)22-8-10-23(11-9-22)18(24)21-16-5-3-2-4-15(16)20/h2-7,12H,8-11H2,1H3,(H,21,24). The number of hydrogen-bond acceptors (Lipinski definition) is 2. The monoisotopic (exact) mass is 347 g/mol. The van der Waals surface area contributed by atoms with Gasteiger partial charge in [-0.05, 0) is 36.8 Å². The molecule has 0 unspecified atom stereocenters. The van der Waals surface area contributed by atoms with Crippen molar-refractivity contribution in [3.05, 3.63) is 58.9 Å². The van der Waals surface area contributed by atoms with E-state index in [4.69, 9.17) is 11.6 Å². The fourth-order valence-electron chi connectivity index (χ4n) is 2.83. The van der Waals surface area contributed by atoms with E-state index in [1.54, 1.807) is 23.1 Å². The van der Waals surface area contributed by atoms with Crippen LogP contribution in [0.2, 0.25) is 5.02 Å². The summed E-state index contributed by atoms with van der Waals surface area (Å²) in [6.07, 6.45) is 0. The van der Waals surface area contributed by atoms with Crippen LogP contribution in [0.15, 0.2) is 42.5 Å². The van der Waals surface area contributed by atoms with Crippen LogP contribution in [-0.4, -0.2) is 37.1 Å². The van der Waals surface area contributed by atoms with Crippen LogP contribution in [0.4, 0.5) is 20.6 Å². The lowest BCUT2D eigenvalue weighted by molar-refractivity contribution is 0.208. The third kappa shape index (κ3) is 3.62. The molecule has 1 saturated heterocycles. The van der Waals surface area contributed by atoms with Gasteiger partial charge >= 0.3 is 6.03 Å². The number of rotatable bonds is 2. The molecule has 1 aliphatic heterocycles. The van der Waals surface area contributed by atoms with Crippen LogP contribution in [0.1, 0.15) is 5.56 Å². The molecule has 1 N–H and O–H groups in total. The van der Waals surface area contributed by atoms with Gasteiger partial charge in [0.1, 0.15) is 5.82 Å². The van der Waals surface area contributed by atoms with Crippen molar-refractivity contribution in [3.63, 3.8) is 0 Å². The summed E-state index contributed by atoms with van der Waals surface area (Å²) in [6.45, 7) is 4.62. The third-order valence-corrected chi connectivity index (χ3v) is 4.43. The molecule has 0 aromatic heterocycles. The van der Waals surface area contributed by atoms with Crippen molar-refractivity contribution >= 4 is 29.0 Å². The van der Waals surface area contributed by atoms with E-state index in [0.29, 0.717) is 31.2 Å². The summed E-state index contributed by atoms with van der Waals surface area (Å²) < 4.78 is 13.6. The molecular weight excluding hydrogens is 329 g/mol. The summed E-state index contributed by atoms with van der Waals surface area (Å²) in [7, 11) is 0. The molecule has 1 aliphatic rings. The molecular formula is C18H19ClFN3O.